The first-order valence-corrected chi connectivity index (χ1v) is 7.07. The van der Waals surface area contributed by atoms with Crippen LogP contribution >= 0.6 is 27.7 Å². The molecule has 1 amide bonds. The summed E-state index contributed by atoms with van der Waals surface area (Å²) in [5.74, 6) is 0.0297. The molecule has 0 unspecified atom stereocenters. The molecule has 6 nitrogen and oxygen atoms in total. The lowest BCUT2D eigenvalue weighted by atomic mass is 10.2. The van der Waals surface area contributed by atoms with Gasteiger partial charge in [-0.15, -0.1) is 0 Å². The molecule has 0 fully saturated rings. The number of aromatic amines is 1. The quantitative estimate of drug-likeness (QED) is 0.494. The number of aromatic nitrogens is 3. The number of H-pyrrole nitrogens is 1. The normalized spacial score (nSPS) is 10.8. The van der Waals surface area contributed by atoms with Crippen molar-refractivity contribution in [1.29, 1.82) is 0 Å². The maximum absolute atomic E-state index is 11.5. The first-order valence-electron chi connectivity index (χ1n) is 5.29. The highest BCUT2D eigenvalue weighted by Gasteiger charge is 2.02. The Morgan fingerprint density at radius 1 is 1.47 bits per heavy atom. The van der Waals surface area contributed by atoms with E-state index in [-0.39, 0.29) is 11.7 Å². The van der Waals surface area contributed by atoms with Crippen LogP contribution in [-0.2, 0) is 4.79 Å². The van der Waals surface area contributed by atoms with Crippen molar-refractivity contribution in [2.75, 3.05) is 5.75 Å². The van der Waals surface area contributed by atoms with Crippen LogP contribution < -0.4 is 5.43 Å². The van der Waals surface area contributed by atoms with Crippen molar-refractivity contribution in [2.24, 2.45) is 5.10 Å². The zero-order valence-electron chi connectivity index (χ0n) is 9.71. The topological polar surface area (TPSA) is 83.0 Å². The second-order valence-corrected chi connectivity index (χ2v) is 5.30. The Bertz CT molecular complexity index is 555. The second kappa shape index (κ2) is 7.05. The van der Waals surface area contributed by atoms with Gasteiger partial charge < -0.3 is 0 Å². The molecule has 1 heterocycles. The van der Waals surface area contributed by atoms with Gasteiger partial charge in [0.2, 0.25) is 0 Å². The third-order valence-electron chi connectivity index (χ3n) is 2.01. The van der Waals surface area contributed by atoms with E-state index >= 15 is 0 Å². The average Bonchev–Trinajstić information content (AvgIpc) is 2.92. The van der Waals surface area contributed by atoms with Gasteiger partial charge in [0.1, 0.15) is 6.33 Å². The van der Waals surface area contributed by atoms with E-state index in [1.165, 1.54) is 18.1 Å². The second-order valence-electron chi connectivity index (χ2n) is 3.42. The van der Waals surface area contributed by atoms with Crippen LogP contribution in [0.5, 0.6) is 0 Å². The van der Waals surface area contributed by atoms with E-state index in [1.54, 1.807) is 6.21 Å². The monoisotopic (exact) mass is 339 g/mol. The molecule has 8 heteroatoms. The summed E-state index contributed by atoms with van der Waals surface area (Å²) < 4.78 is 0.997. The summed E-state index contributed by atoms with van der Waals surface area (Å²) in [6.07, 6.45) is 2.98. The third-order valence-corrected chi connectivity index (χ3v) is 3.41. The summed E-state index contributed by atoms with van der Waals surface area (Å²) in [6, 6.07) is 7.60. The molecule has 19 heavy (non-hydrogen) atoms. The van der Waals surface area contributed by atoms with Gasteiger partial charge in [-0.3, -0.25) is 9.89 Å². The van der Waals surface area contributed by atoms with Crippen LogP contribution in [0.25, 0.3) is 0 Å². The molecule has 1 aromatic heterocycles. The summed E-state index contributed by atoms with van der Waals surface area (Å²) in [6.45, 7) is 0. The van der Waals surface area contributed by atoms with Crippen molar-refractivity contribution in [1.82, 2.24) is 20.6 Å². The molecule has 0 radical (unpaired) electrons. The Labute approximate surface area is 122 Å². The third kappa shape index (κ3) is 4.84. The fraction of sp³-hybridized carbons (Fsp3) is 0.0909. The fourth-order valence-electron chi connectivity index (χ4n) is 1.16. The first kappa shape index (κ1) is 13.8. The van der Waals surface area contributed by atoms with Crippen molar-refractivity contribution in [3.05, 3.63) is 40.6 Å². The van der Waals surface area contributed by atoms with E-state index in [2.05, 4.69) is 41.6 Å². The van der Waals surface area contributed by atoms with Crippen molar-refractivity contribution in [3.8, 4) is 0 Å². The summed E-state index contributed by atoms with van der Waals surface area (Å²) in [7, 11) is 0. The van der Waals surface area contributed by atoms with Crippen LogP contribution in [0.2, 0.25) is 0 Å². The Kier molecular flexibility index (Phi) is 5.10. The predicted molar refractivity (Wildman–Crippen MR) is 77.0 cm³/mol. The molecule has 0 aliphatic heterocycles. The largest absolute Gasteiger partial charge is 0.272 e. The zero-order valence-corrected chi connectivity index (χ0v) is 12.1. The molecule has 0 spiro atoms. The van der Waals surface area contributed by atoms with Gasteiger partial charge in [0, 0.05) is 4.47 Å². The molecule has 1 aromatic carbocycles. The maximum atomic E-state index is 11.5. The van der Waals surface area contributed by atoms with Gasteiger partial charge in [-0.1, -0.05) is 39.8 Å². The van der Waals surface area contributed by atoms with Crippen LogP contribution in [0.1, 0.15) is 5.56 Å². The smallest absolute Gasteiger partial charge is 0.250 e. The summed E-state index contributed by atoms with van der Waals surface area (Å²) in [5.41, 5.74) is 3.35. The Balaban J connectivity index is 1.75. The fourth-order valence-corrected chi connectivity index (χ4v) is 1.99. The van der Waals surface area contributed by atoms with E-state index < -0.39 is 0 Å². The number of halogens is 1. The molecule has 2 N–H and O–H groups in total. The summed E-state index contributed by atoms with van der Waals surface area (Å²) in [5, 5.41) is 10.8. The number of hydrogen-bond acceptors (Lipinski definition) is 5. The van der Waals surface area contributed by atoms with Gasteiger partial charge in [0.05, 0.1) is 12.0 Å². The molecular weight excluding hydrogens is 330 g/mol. The van der Waals surface area contributed by atoms with Gasteiger partial charge >= 0.3 is 0 Å². The lowest BCUT2D eigenvalue weighted by Gasteiger charge is -1.97. The van der Waals surface area contributed by atoms with Gasteiger partial charge in [-0.25, -0.2) is 10.4 Å². The highest BCUT2D eigenvalue weighted by Crippen LogP contribution is 2.10. The maximum Gasteiger partial charge on any atom is 0.250 e. The van der Waals surface area contributed by atoms with Crippen molar-refractivity contribution in [3.63, 3.8) is 0 Å². The molecule has 98 valence electrons. The number of thioether (sulfide) groups is 1. The van der Waals surface area contributed by atoms with Gasteiger partial charge in [0.15, 0.2) is 5.16 Å². The SMILES string of the molecule is O=C(CSc1ncn[nH]1)NN=Cc1ccc(Br)cc1. The van der Waals surface area contributed by atoms with Gasteiger partial charge in [-0.05, 0) is 17.7 Å². The lowest BCUT2D eigenvalue weighted by molar-refractivity contribution is -0.118. The van der Waals surface area contributed by atoms with Crippen molar-refractivity contribution < 1.29 is 4.79 Å². The average molecular weight is 340 g/mol. The minimum absolute atomic E-state index is 0.199. The number of hydrogen-bond donors (Lipinski definition) is 2. The minimum Gasteiger partial charge on any atom is -0.272 e. The number of nitrogens with one attached hydrogen (secondary N) is 2. The van der Waals surface area contributed by atoms with Gasteiger partial charge in [0.25, 0.3) is 5.91 Å². The Morgan fingerprint density at radius 2 is 2.26 bits per heavy atom. The summed E-state index contributed by atoms with van der Waals surface area (Å²) in [4.78, 5) is 15.4. The molecule has 0 saturated heterocycles. The van der Waals surface area contributed by atoms with Crippen LogP contribution in [0.4, 0.5) is 0 Å². The Morgan fingerprint density at radius 3 is 2.95 bits per heavy atom. The molecular formula is C11H10BrN5OS. The van der Waals surface area contributed by atoms with Crippen molar-refractivity contribution >= 4 is 39.8 Å². The molecule has 0 aliphatic rings. The van der Waals surface area contributed by atoms with E-state index in [4.69, 9.17) is 0 Å². The van der Waals surface area contributed by atoms with Crippen LogP contribution in [0, 0.1) is 0 Å². The minimum atomic E-state index is -0.199. The molecule has 0 atom stereocenters. The van der Waals surface area contributed by atoms with Crippen LogP contribution in [0.3, 0.4) is 0 Å². The van der Waals surface area contributed by atoms with E-state index in [9.17, 15) is 4.79 Å². The first-order chi connectivity index (χ1) is 9.24. The zero-order chi connectivity index (χ0) is 13.5. The number of rotatable bonds is 5. The molecule has 2 rings (SSSR count). The standard InChI is InChI=1S/C11H10BrN5OS/c12-9-3-1-8(2-4-9)5-14-16-10(18)6-19-11-13-7-15-17-11/h1-5,7H,6H2,(H,16,18)(H,13,15,17). The molecule has 2 aromatic rings. The van der Waals surface area contributed by atoms with E-state index in [0.717, 1.165) is 10.0 Å². The number of carbonyl (C=O) groups is 1. The van der Waals surface area contributed by atoms with E-state index in [0.29, 0.717) is 5.16 Å². The van der Waals surface area contributed by atoms with Gasteiger partial charge in [-0.2, -0.15) is 10.2 Å². The number of hydrazone groups is 1. The Hall–Kier alpha value is -1.67. The van der Waals surface area contributed by atoms with E-state index in [1.807, 2.05) is 24.3 Å². The van der Waals surface area contributed by atoms with Crippen LogP contribution in [0.15, 0.2) is 45.3 Å². The molecule has 0 aliphatic carbocycles. The predicted octanol–water partition coefficient (Wildman–Crippen LogP) is 1.81. The highest BCUT2D eigenvalue weighted by atomic mass is 79.9. The number of benzene rings is 1. The molecule has 0 bridgehead atoms. The number of nitrogens with zero attached hydrogens (tertiary/aromatic N) is 3. The highest BCUT2D eigenvalue weighted by molar-refractivity contribution is 9.10. The number of amides is 1. The molecule has 0 saturated carbocycles. The number of carbonyl (C=O) groups excluding carboxylic acids is 1. The lowest BCUT2D eigenvalue weighted by Crippen LogP contribution is -2.19. The van der Waals surface area contributed by atoms with Crippen molar-refractivity contribution in [2.45, 2.75) is 5.16 Å². The summed E-state index contributed by atoms with van der Waals surface area (Å²) >= 11 is 4.61. The van der Waals surface area contributed by atoms with Crippen LogP contribution in [-0.4, -0.2) is 33.1 Å².